The number of aliphatic carboxylic acids is 1. The predicted molar refractivity (Wildman–Crippen MR) is 177 cm³/mol. The van der Waals surface area contributed by atoms with Gasteiger partial charge in [0, 0.05) is 12.8 Å². The van der Waals surface area contributed by atoms with E-state index >= 15 is 0 Å². The van der Waals surface area contributed by atoms with E-state index in [4.69, 9.17) is 18.9 Å². The fraction of sp³-hybridized carbons (Fsp3) is 0.750. The van der Waals surface area contributed by atoms with Gasteiger partial charge in [0.15, 0.2) is 35.5 Å². The minimum Gasteiger partial charge on any atom is -0.480 e. The quantitative estimate of drug-likeness (QED) is 0.185. The lowest BCUT2D eigenvalue weighted by atomic mass is 9.88. The van der Waals surface area contributed by atoms with Crippen LogP contribution in [0.15, 0.2) is 12.7 Å². The number of carboxylic acid groups (broad SMARTS) is 1. The molecule has 6 N–H and O–H groups in total. The van der Waals surface area contributed by atoms with E-state index in [1.54, 1.807) is 18.4 Å². The summed E-state index contributed by atoms with van der Waals surface area (Å²) in [4.78, 5) is 49.8. The first-order valence-corrected chi connectivity index (χ1v) is 16.9. The van der Waals surface area contributed by atoms with Crippen molar-refractivity contribution in [2.45, 2.75) is 137 Å². The smallest absolute Gasteiger partial charge is 0.330 e. The van der Waals surface area contributed by atoms with Crippen molar-refractivity contribution in [3.63, 3.8) is 0 Å². The van der Waals surface area contributed by atoms with Gasteiger partial charge in [-0.3, -0.25) is 14.7 Å². The topological polar surface area (TPSA) is 237 Å². The van der Waals surface area contributed by atoms with Gasteiger partial charge in [-0.1, -0.05) is 41.5 Å². The van der Waals surface area contributed by atoms with Crippen LogP contribution in [0.2, 0.25) is 0 Å². The van der Waals surface area contributed by atoms with Crippen molar-refractivity contribution < 1.29 is 53.8 Å². The second kappa shape index (κ2) is 19.6. The number of hydrogen-bond acceptors (Lipinski definition) is 13. The summed E-state index contributed by atoms with van der Waals surface area (Å²) in [6.45, 7) is 17.0. The summed E-state index contributed by atoms with van der Waals surface area (Å²) in [5, 5.41) is 45.1. The Morgan fingerprint density at radius 3 is 2.37 bits per heavy atom. The Bertz CT molecular complexity index is 1350. The molecule has 2 amide bonds. The summed E-state index contributed by atoms with van der Waals surface area (Å²) in [5.74, 6) is -2.07. The van der Waals surface area contributed by atoms with Crippen LogP contribution in [0, 0.1) is 11.8 Å². The van der Waals surface area contributed by atoms with Crippen molar-refractivity contribution in [3.8, 4) is 0 Å². The molecule has 49 heavy (non-hydrogen) atoms. The van der Waals surface area contributed by atoms with Gasteiger partial charge in [-0.05, 0) is 39.0 Å². The minimum absolute atomic E-state index is 0.0123. The molecule has 0 bridgehead atoms. The molecule has 4 heterocycles. The van der Waals surface area contributed by atoms with Crippen LogP contribution in [0.1, 0.15) is 87.8 Å². The van der Waals surface area contributed by atoms with Gasteiger partial charge in [-0.25, -0.2) is 24.5 Å². The molecule has 2 aliphatic rings. The fourth-order valence-electron chi connectivity index (χ4n) is 5.15. The van der Waals surface area contributed by atoms with Gasteiger partial charge in [0.2, 0.25) is 0 Å². The van der Waals surface area contributed by atoms with E-state index in [1.807, 2.05) is 41.5 Å². The maximum Gasteiger partial charge on any atom is 0.330 e. The lowest BCUT2D eigenvalue weighted by Gasteiger charge is -2.37. The number of fused-ring (bicyclic) bond motifs is 1. The average molecular weight is 699 g/mol. The van der Waals surface area contributed by atoms with E-state index in [0.29, 0.717) is 6.61 Å². The summed E-state index contributed by atoms with van der Waals surface area (Å²) in [6.07, 6.45) is -3.92. The molecule has 17 heteroatoms. The Morgan fingerprint density at radius 1 is 1.04 bits per heavy atom. The molecule has 2 aliphatic heterocycles. The zero-order valence-corrected chi connectivity index (χ0v) is 29.8. The lowest BCUT2D eigenvalue weighted by Crippen LogP contribution is -2.50. The third-order valence-electron chi connectivity index (χ3n) is 8.27. The van der Waals surface area contributed by atoms with Crippen LogP contribution in [-0.4, -0.2) is 113 Å². The third kappa shape index (κ3) is 11.0. The molecule has 4 rings (SSSR count). The second-order valence-electron chi connectivity index (χ2n) is 11.8. The highest BCUT2D eigenvalue weighted by atomic mass is 16.7. The SMILES string of the molecule is CC.CC.CC1COC(n2cnc3c(NC(=O)N[C@H](C(=O)O)[C@@H](C)OC(=O)CC[C@@H](C)OC4OC(C)[C@H](O)C[C@@H]4O)ncnc32)C(O)C1C. The Morgan fingerprint density at radius 2 is 1.71 bits per heavy atom. The molecule has 6 unspecified atom stereocenters. The predicted octanol–water partition coefficient (Wildman–Crippen LogP) is 2.59. The highest BCUT2D eigenvalue weighted by Crippen LogP contribution is 2.33. The number of aliphatic hydroxyl groups excluding tert-OH is 3. The van der Waals surface area contributed by atoms with Gasteiger partial charge in [-0.15, -0.1) is 0 Å². The Hall–Kier alpha value is -3.48. The van der Waals surface area contributed by atoms with E-state index in [-0.39, 0.29) is 48.1 Å². The van der Waals surface area contributed by atoms with Crippen molar-refractivity contribution in [2.75, 3.05) is 11.9 Å². The first kappa shape index (κ1) is 41.7. The Kier molecular flexibility index (Phi) is 16.7. The number of imidazole rings is 1. The molecular formula is C32H54N6O11. The fourth-order valence-corrected chi connectivity index (χ4v) is 5.15. The van der Waals surface area contributed by atoms with Crippen molar-refractivity contribution in [1.29, 1.82) is 0 Å². The normalized spacial score (nSPS) is 28.4. The van der Waals surface area contributed by atoms with Crippen molar-refractivity contribution in [3.05, 3.63) is 12.7 Å². The number of ether oxygens (including phenoxy) is 4. The summed E-state index contributed by atoms with van der Waals surface area (Å²) >= 11 is 0. The van der Waals surface area contributed by atoms with Crippen LogP contribution in [-0.2, 0) is 28.5 Å². The number of nitrogens with one attached hydrogen (secondary N) is 2. The number of nitrogens with zero attached hydrogens (tertiary/aromatic N) is 4. The van der Waals surface area contributed by atoms with E-state index < -0.39 is 73.2 Å². The molecule has 0 saturated carbocycles. The number of carbonyl (C=O) groups excluding carboxylic acids is 2. The summed E-state index contributed by atoms with van der Waals surface area (Å²) < 4.78 is 23.8. The van der Waals surface area contributed by atoms with Crippen molar-refractivity contribution >= 4 is 35.0 Å². The number of esters is 1. The maximum atomic E-state index is 12.8. The van der Waals surface area contributed by atoms with Gasteiger partial charge >= 0.3 is 18.0 Å². The van der Waals surface area contributed by atoms with Crippen LogP contribution in [0.4, 0.5) is 10.6 Å². The van der Waals surface area contributed by atoms with Crippen LogP contribution in [0.5, 0.6) is 0 Å². The highest BCUT2D eigenvalue weighted by Gasteiger charge is 2.38. The van der Waals surface area contributed by atoms with Crippen LogP contribution >= 0.6 is 0 Å². The second-order valence-corrected chi connectivity index (χ2v) is 11.8. The van der Waals surface area contributed by atoms with Gasteiger partial charge in [-0.2, -0.15) is 0 Å². The lowest BCUT2D eigenvalue weighted by molar-refractivity contribution is -0.273. The molecule has 0 radical (unpaired) electrons. The number of carbonyl (C=O) groups is 3. The zero-order chi connectivity index (χ0) is 37.0. The first-order valence-electron chi connectivity index (χ1n) is 16.9. The number of carboxylic acids is 1. The molecule has 0 aromatic carbocycles. The highest BCUT2D eigenvalue weighted by molar-refractivity contribution is 5.97. The maximum absolute atomic E-state index is 12.8. The Balaban J connectivity index is 0.00000201. The number of aliphatic hydroxyl groups is 3. The number of aromatic nitrogens is 4. The largest absolute Gasteiger partial charge is 0.480 e. The number of urea groups is 1. The number of rotatable bonds is 11. The first-order chi connectivity index (χ1) is 23.3. The molecule has 17 nitrogen and oxygen atoms in total. The van der Waals surface area contributed by atoms with Crippen LogP contribution < -0.4 is 10.6 Å². The molecule has 11 atom stereocenters. The van der Waals surface area contributed by atoms with E-state index in [1.165, 1.54) is 19.6 Å². The van der Waals surface area contributed by atoms with Gasteiger partial charge in [0.25, 0.3) is 0 Å². The molecule has 2 aromatic rings. The van der Waals surface area contributed by atoms with Crippen molar-refractivity contribution in [1.82, 2.24) is 24.8 Å². The number of amides is 2. The van der Waals surface area contributed by atoms with E-state index in [2.05, 4.69) is 25.6 Å². The third-order valence-corrected chi connectivity index (χ3v) is 8.27. The molecular weight excluding hydrogens is 644 g/mol. The molecule has 0 spiro atoms. The minimum atomic E-state index is -1.61. The molecule has 278 valence electrons. The van der Waals surface area contributed by atoms with E-state index in [0.717, 1.165) is 0 Å². The monoisotopic (exact) mass is 698 g/mol. The number of anilines is 1. The molecule has 2 aromatic heterocycles. The molecule has 2 fully saturated rings. The standard InChI is InChI=1S/C28H42N6O11.2C2H6/c1-12-9-42-25(22(38)14(12)3)34-11-31-21-23(29-10-30-24(21)34)33-28(41)32-20(26(39)40)16(5)44-19(37)7-6-13(2)43-27-18(36)8-17(35)15(4)45-27;2*1-2/h10-18,20,22,25,27,35-36,38H,6-9H2,1-5H3,(H,39,40)(H2,29,30,32,33,41);2*1-2H3/t12?,13-,14?,15?,16-,17-,18+,20+,22?,25?,27?;;/m1../s1. The van der Waals surface area contributed by atoms with Gasteiger partial charge < -0.3 is 44.7 Å². The summed E-state index contributed by atoms with van der Waals surface area (Å²) in [6, 6.07) is -2.55. The van der Waals surface area contributed by atoms with Gasteiger partial charge in [0.05, 0.1) is 31.2 Å². The molecule has 0 aliphatic carbocycles. The molecule has 2 saturated heterocycles. The summed E-state index contributed by atoms with van der Waals surface area (Å²) in [5.41, 5.74) is 0.479. The summed E-state index contributed by atoms with van der Waals surface area (Å²) in [7, 11) is 0. The Labute approximate surface area is 286 Å². The van der Waals surface area contributed by atoms with Gasteiger partial charge in [0.1, 0.15) is 24.6 Å². The zero-order valence-electron chi connectivity index (χ0n) is 29.8. The van der Waals surface area contributed by atoms with Crippen LogP contribution in [0.3, 0.4) is 0 Å². The van der Waals surface area contributed by atoms with E-state index in [9.17, 15) is 34.8 Å². The van der Waals surface area contributed by atoms with Crippen LogP contribution in [0.25, 0.3) is 11.2 Å². The average Bonchev–Trinajstić information content (AvgIpc) is 3.50. The number of hydrogen-bond donors (Lipinski definition) is 6. The van der Waals surface area contributed by atoms with Crippen molar-refractivity contribution in [2.24, 2.45) is 11.8 Å².